The molecule has 0 fully saturated rings. The van der Waals surface area contributed by atoms with E-state index in [4.69, 9.17) is 0 Å². The summed E-state index contributed by atoms with van der Waals surface area (Å²) in [6, 6.07) is 1.91. The van der Waals surface area contributed by atoms with Crippen molar-refractivity contribution in [1.82, 2.24) is 9.97 Å². The quantitative estimate of drug-likeness (QED) is 0.746. The van der Waals surface area contributed by atoms with Crippen molar-refractivity contribution in [3.05, 3.63) is 18.6 Å². The molecule has 0 spiro atoms. The molecule has 0 aliphatic heterocycles. The fourth-order valence-electron chi connectivity index (χ4n) is 1.59. The molecule has 15 heavy (non-hydrogen) atoms. The van der Waals surface area contributed by atoms with Gasteiger partial charge < -0.3 is 5.32 Å². The molecule has 1 aromatic heterocycles. The van der Waals surface area contributed by atoms with Gasteiger partial charge in [-0.1, -0.05) is 33.1 Å². The summed E-state index contributed by atoms with van der Waals surface area (Å²) in [5.41, 5.74) is 0. The van der Waals surface area contributed by atoms with Crippen molar-refractivity contribution in [2.24, 2.45) is 5.92 Å². The van der Waals surface area contributed by atoms with Crippen LogP contribution < -0.4 is 5.32 Å². The van der Waals surface area contributed by atoms with Crippen LogP contribution in [0.5, 0.6) is 0 Å². The van der Waals surface area contributed by atoms with Gasteiger partial charge in [-0.2, -0.15) is 0 Å². The molecule has 3 heteroatoms. The van der Waals surface area contributed by atoms with Gasteiger partial charge in [0.1, 0.15) is 12.1 Å². The molecule has 1 rings (SSSR count). The number of nitrogens with one attached hydrogen (secondary N) is 1. The molecule has 0 aliphatic carbocycles. The highest BCUT2D eigenvalue weighted by Gasteiger charge is 2.05. The van der Waals surface area contributed by atoms with Crippen LogP contribution in [-0.2, 0) is 0 Å². The van der Waals surface area contributed by atoms with E-state index in [2.05, 4.69) is 29.1 Å². The summed E-state index contributed by atoms with van der Waals surface area (Å²) in [6.07, 6.45) is 8.49. The third-order valence-corrected chi connectivity index (χ3v) is 2.70. The lowest BCUT2D eigenvalue weighted by atomic mass is 9.99. The van der Waals surface area contributed by atoms with E-state index in [0.717, 1.165) is 18.3 Å². The molecule has 0 aliphatic rings. The Morgan fingerprint density at radius 2 is 2.27 bits per heavy atom. The van der Waals surface area contributed by atoms with Crippen LogP contribution in [0.15, 0.2) is 18.6 Å². The zero-order chi connectivity index (χ0) is 10.9. The molecule has 0 amide bonds. The summed E-state index contributed by atoms with van der Waals surface area (Å²) in [5, 5.41) is 3.35. The highest BCUT2D eigenvalue weighted by atomic mass is 15.0. The Kier molecular flexibility index (Phi) is 5.74. The monoisotopic (exact) mass is 207 g/mol. The largest absolute Gasteiger partial charge is 0.370 e. The van der Waals surface area contributed by atoms with Gasteiger partial charge in [-0.25, -0.2) is 9.97 Å². The van der Waals surface area contributed by atoms with Gasteiger partial charge in [-0.3, -0.25) is 0 Å². The highest BCUT2D eigenvalue weighted by molar-refractivity contribution is 5.31. The van der Waals surface area contributed by atoms with Gasteiger partial charge in [0.2, 0.25) is 0 Å². The molecule has 1 N–H and O–H groups in total. The summed E-state index contributed by atoms with van der Waals surface area (Å²) in [6.45, 7) is 5.51. The molecule has 3 nitrogen and oxygen atoms in total. The summed E-state index contributed by atoms with van der Waals surface area (Å²) in [5.74, 6) is 1.69. The fourth-order valence-corrected chi connectivity index (χ4v) is 1.59. The molecule has 0 saturated heterocycles. The maximum atomic E-state index is 4.14. The van der Waals surface area contributed by atoms with Gasteiger partial charge >= 0.3 is 0 Å². The topological polar surface area (TPSA) is 37.8 Å². The third-order valence-electron chi connectivity index (χ3n) is 2.70. The van der Waals surface area contributed by atoms with E-state index in [1.54, 1.807) is 12.5 Å². The molecular formula is C12H21N3. The zero-order valence-corrected chi connectivity index (χ0v) is 9.74. The minimum absolute atomic E-state index is 0.764. The third kappa shape index (κ3) is 4.77. The highest BCUT2D eigenvalue weighted by Crippen LogP contribution is 2.13. The SMILES string of the molecule is CCCCC(CC)CNc1ccncn1. The molecule has 0 aromatic carbocycles. The Morgan fingerprint density at radius 3 is 2.87 bits per heavy atom. The smallest absolute Gasteiger partial charge is 0.129 e. The van der Waals surface area contributed by atoms with Gasteiger partial charge in [0.15, 0.2) is 0 Å². The summed E-state index contributed by atoms with van der Waals surface area (Å²) in [4.78, 5) is 8.03. The Labute approximate surface area is 92.3 Å². The van der Waals surface area contributed by atoms with Gasteiger partial charge in [0.05, 0.1) is 0 Å². The second kappa shape index (κ2) is 7.21. The molecule has 1 aromatic rings. The molecule has 1 unspecified atom stereocenters. The first-order valence-corrected chi connectivity index (χ1v) is 5.86. The number of hydrogen-bond acceptors (Lipinski definition) is 3. The van der Waals surface area contributed by atoms with Crippen LogP contribution in [0.3, 0.4) is 0 Å². The van der Waals surface area contributed by atoms with Crippen LogP contribution in [0, 0.1) is 5.92 Å². The maximum Gasteiger partial charge on any atom is 0.129 e. The number of aromatic nitrogens is 2. The van der Waals surface area contributed by atoms with Gasteiger partial charge in [0, 0.05) is 12.7 Å². The van der Waals surface area contributed by atoms with E-state index in [1.165, 1.54) is 25.7 Å². The summed E-state index contributed by atoms with van der Waals surface area (Å²) < 4.78 is 0. The first kappa shape index (κ1) is 12.0. The van der Waals surface area contributed by atoms with Crippen LogP contribution in [0.4, 0.5) is 5.82 Å². The standard InChI is InChI=1S/C12H21N3/c1-3-5-6-11(4-2)9-14-12-7-8-13-10-15-12/h7-8,10-11H,3-6,9H2,1-2H3,(H,13,14,15). The average Bonchev–Trinajstić information content (AvgIpc) is 2.31. The minimum Gasteiger partial charge on any atom is -0.370 e. The minimum atomic E-state index is 0.764. The molecule has 0 radical (unpaired) electrons. The van der Waals surface area contributed by atoms with Crippen molar-refractivity contribution in [2.75, 3.05) is 11.9 Å². The molecule has 1 atom stereocenters. The lowest BCUT2D eigenvalue weighted by molar-refractivity contribution is 0.472. The van der Waals surface area contributed by atoms with Crippen LogP contribution >= 0.6 is 0 Å². The van der Waals surface area contributed by atoms with E-state index in [1.807, 2.05) is 6.07 Å². The van der Waals surface area contributed by atoms with Crippen molar-refractivity contribution >= 4 is 5.82 Å². The lowest BCUT2D eigenvalue weighted by Gasteiger charge is -2.15. The second-order valence-electron chi connectivity index (χ2n) is 3.89. The van der Waals surface area contributed by atoms with Gasteiger partial charge in [0.25, 0.3) is 0 Å². The van der Waals surface area contributed by atoms with Crippen LogP contribution in [0.1, 0.15) is 39.5 Å². The molecule has 0 bridgehead atoms. The molecule has 1 heterocycles. The number of anilines is 1. The first-order chi connectivity index (χ1) is 7.36. The van der Waals surface area contributed by atoms with E-state index >= 15 is 0 Å². The van der Waals surface area contributed by atoms with Crippen molar-refractivity contribution < 1.29 is 0 Å². The number of unbranched alkanes of at least 4 members (excludes halogenated alkanes) is 1. The molecule has 84 valence electrons. The maximum absolute atomic E-state index is 4.14. The molecular weight excluding hydrogens is 186 g/mol. The normalized spacial score (nSPS) is 12.4. The van der Waals surface area contributed by atoms with Crippen LogP contribution in [0.2, 0.25) is 0 Å². The lowest BCUT2D eigenvalue weighted by Crippen LogP contribution is -2.14. The van der Waals surface area contributed by atoms with E-state index in [-0.39, 0.29) is 0 Å². The second-order valence-corrected chi connectivity index (χ2v) is 3.89. The van der Waals surface area contributed by atoms with Crippen LogP contribution in [0.25, 0.3) is 0 Å². The van der Waals surface area contributed by atoms with E-state index in [0.29, 0.717) is 0 Å². The summed E-state index contributed by atoms with van der Waals surface area (Å²) >= 11 is 0. The van der Waals surface area contributed by atoms with Crippen LogP contribution in [-0.4, -0.2) is 16.5 Å². The van der Waals surface area contributed by atoms with Crippen molar-refractivity contribution in [1.29, 1.82) is 0 Å². The van der Waals surface area contributed by atoms with E-state index < -0.39 is 0 Å². The Balaban J connectivity index is 2.28. The Bertz CT molecular complexity index is 248. The Hall–Kier alpha value is -1.12. The molecule has 0 saturated carbocycles. The predicted octanol–water partition coefficient (Wildman–Crippen LogP) is 3.10. The van der Waals surface area contributed by atoms with Crippen molar-refractivity contribution in [3.8, 4) is 0 Å². The number of hydrogen-bond donors (Lipinski definition) is 1. The predicted molar refractivity (Wildman–Crippen MR) is 63.8 cm³/mol. The summed E-state index contributed by atoms with van der Waals surface area (Å²) in [7, 11) is 0. The van der Waals surface area contributed by atoms with Crippen molar-refractivity contribution in [2.45, 2.75) is 39.5 Å². The zero-order valence-electron chi connectivity index (χ0n) is 9.74. The average molecular weight is 207 g/mol. The fraction of sp³-hybridized carbons (Fsp3) is 0.667. The first-order valence-electron chi connectivity index (χ1n) is 5.86. The number of rotatable bonds is 7. The van der Waals surface area contributed by atoms with E-state index in [9.17, 15) is 0 Å². The Morgan fingerprint density at radius 1 is 1.40 bits per heavy atom. The number of nitrogens with zero attached hydrogens (tertiary/aromatic N) is 2. The van der Waals surface area contributed by atoms with Crippen molar-refractivity contribution in [3.63, 3.8) is 0 Å². The van der Waals surface area contributed by atoms with Gasteiger partial charge in [-0.05, 0) is 18.4 Å². The van der Waals surface area contributed by atoms with Gasteiger partial charge in [-0.15, -0.1) is 0 Å².